The Hall–Kier alpha value is -2.20. The standard InChI is InChI=1S/C18H22O5/c1-2-12-23-18(22)10-6-4-3-5-8-14-15(9-7-11-19)17(21)13-16(14)20/h2-8,10,14-17,20-21H,1,9,12-13H2/b4-3+,8-5+,10-6+/t14-,15+,16-,17+/m0/s1. The molecular formula is C18H22O5. The molecule has 5 heteroatoms. The third-order valence-corrected chi connectivity index (χ3v) is 3.63. The van der Waals surface area contributed by atoms with Crippen LogP contribution in [0.3, 0.4) is 0 Å². The van der Waals surface area contributed by atoms with E-state index < -0.39 is 18.2 Å². The molecule has 0 aromatic carbocycles. The molecule has 5 nitrogen and oxygen atoms in total. The second-order valence-corrected chi connectivity index (χ2v) is 5.22. The maximum Gasteiger partial charge on any atom is 0.331 e. The van der Waals surface area contributed by atoms with Crippen molar-refractivity contribution in [3.05, 3.63) is 55.2 Å². The number of ether oxygens (including phenoxy) is 1. The van der Waals surface area contributed by atoms with Gasteiger partial charge in [-0.25, -0.2) is 9.59 Å². The molecule has 1 aliphatic carbocycles. The number of rotatable bonds is 8. The van der Waals surface area contributed by atoms with E-state index in [1.165, 1.54) is 18.2 Å². The number of carbonyl (C=O) groups is 1. The van der Waals surface area contributed by atoms with Crippen molar-refractivity contribution in [1.29, 1.82) is 0 Å². The van der Waals surface area contributed by atoms with Crippen molar-refractivity contribution in [3.8, 4) is 0 Å². The van der Waals surface area contributed by atoms with Gasteiger partial charge in [0, 0.05) is 24.5 Å². The van der Waals surface area contributed by atoms with Gasteiger partial charge >= 0.3 is 5.97 Å². The summed E-state index contributed by atoms with van der Waals surface area (Å²) in [4.78, 5) is 21.5. The Morgan fingerprint density at radius 1 is 1.22 bits per heavy atom. The lowest BCUT2D eigenvalue weighted by Crippen LogP contribution is -2.19. The van der Waals surface area contributed by atoms with Crippen LogP contribution in [0.5, 0.6) is 0 Å². The molecule has 0 bridgehead atoms. The molecular weight excluding hydrogens is 296 g/mol. The van der Waals surface area contributed by atoms with Gasteiger partial charge in [0.05, 0.1) is 12.2 Å². The molecule has 0 heterocycles. The molecule has 124 valence electrons. The highest BCUT2D eigenvalue weighted by Gasteiger charge is 2.39. The van der Waals surface area contributed by atoms with Crippen LogP contribution in [-0.4, -0.2) is 40.9 Å². The van der Waals surface area contributed by atoms with E-state index in [-0.39, 0.29) is 18.4 Å². The number of aliphatic hydroxyl groups is 2. The molecule has 0 saturated heterocycles. The number of esters is 1. The van der Waals surface area contributed by atoms with Crippen molar-refractivity contribution < 1.29 is 24.5 Å². The van der Waals surface area contributed by atoms with Crippen LogP contribution in [0, 0.1) is 11.8 Å². The fourth-order valence-electron chi connectivity index (χ4n) is 2.53. The summed E-state index contributed by atoms with van der Waals surface area (Å²) in [6.45, 7) is 3.61. The third kappa shape index (κ3) is 6.61. The zero-order valence-corrected chi connectivity index (χ0v) is 12.9. The summed E-state index contributed by atoms with van der Waals surface area (Å²) in [6.07, 6.45) is 12.0. The van der Waals surface area contributed by atoms with Gasteiger partial charge in [-0.15, -0.1) is 0 Å². The van der Waals surface area contributed by atoms with E-state index in [9.17, 15) is 19.8 Å². The van der Waals surface area contributed by atoms with Gasteiger partial charge in [-0.3, -0.25) is 0 Å². The van der Waals surface area contributed by atoms with Crippen LogP contribution in [0.4, 0.5) is 0 Å². The Balaban J connectivity index is 2.52. The predicted molar refractivity (Wildman–Crippen MR) is 87.1 cm³/mol. The molecule has 2 N–H and O–H groups in total. The van der Waals surface area contributed by atoms with Crippen molar-refractivity contribution in [1.82, 2.24) is 0 Å². The lowest BCUT2D eigenvalue weighted by atomic mass is 9.90. The molecule has 0 radical (unpaired) electrons. The van der Waals surface area contributed by atoms with Gasteiger partial charge in [0.1, 0.15) is 12.5 Å². The van der Waals surface area contributed by atoms with Crippen molar-refractivity contribution in [2.24, 2.45) is 11.8 Å². The lowest BCUT2D eigenvalue weighted by molar-refractivity contribution is -0.136. The Morgan fingerprint density at radius 3 is 2.65 bits per heavy atom. The molecule has 1 aliphatic rings. The third-order valence-electron chi connectivity index (χ3n) is 3.63. The van der Waals surface area contributed by atoms with Crippen LogP contribution < -0.4 is 0 Å². The molecule has 0 spiro atoms. The molecule has 4 atom stereocenters. The zero-order chi connectivity index (χ0) is 17.1. The second kappa shape index (κ2) is 10.5. The van der Waals surface area contributed by atoms with E-state index in [4.69, 9.17) is 4.74 Å². The predicted octanol–water partition coefficient (Wildman–Crippen LogP) is 1.52. The average molecular weight is 318 g/mol. The molecule has 0 aromatic heterocycles. The van der Waals surface area contributed by atoms with Crippen LogP contribution in [0.2, 0.25) is 0 Å². The highest BCUT2D eigenvalue weighted by atomic mass is 16.5. The van der Waals surface area contributed by atoms with Gasteiger partial charge in [0.2, 0.25) is 0 Å². The van der Waals surface area contributed by atoms with E-state index in [1.807, 2.05) is 0 Å². The normalized spacial score (nSPS) is 27.6. The topological polar surface area (TPSA) is 83.8 Å². The Bertz CT molecular complexity index is 526. The van der Waals surface area contributed by atoms with Crippen molar-refractivity contribution >= 4 is 11.9 Å². The van der Waals surface area contributed by atoms with Crippen LogP contribution in [-0.2, 0) is 14.3 Å². The Morgan fingerprint density at radius 2 is 1.96 bits per heavy atom. The van der Waals surface area contributed by atoms with E-state index in [0.29, 0.717) is 12.8 Å². The second-order valence-electron chi connectivity index (χ2n) is 5.22. The van der Waals surface area contributed by atoms with Crippen LogP contribution in [0.25, 0.3) is 0 Å². The number of carbonyl (C=O) groups excluding carboxylic acids is 2. The van der Waals surface area contributed by atoms with Gasteiger partial charge in [-0.2, -0.15) is 0 Å². The summed E-state index contributed by atoms with van der Waals surface area (Å²) in [5, 5.41) is 19.9. The zero-order valence-electron chi connectivity index (χ0n) is 12.9. The molecule has 0 unspecified atom stereocenters. The lowest BCUT2D eigenvalue weighted by Gasteiger charge is -2.18. The Kier molecular flexibility index (Phi) is 8.62. The van der Waals surface area contributed by atoms with E-state index in [2.05, 4.69) is 6.58 Å². The highest BCUT2D eigenvalue weighted by Crippen LogP contribution is 2.35. The fourth-order valence-corrected chi connectivity index (χ4v) is 2.53. The first-order valence-corrected chi connectivity index (χ1v) is 7.44. The van der Waals surface area contributed by atoms with E-state index in [1.54, 1.807) is 36.3 Å². The number of aliphatic hydroxyl groups excluding tert-OH is 2. The van der Waals surface area contributed by atoms with Gasteiger partial charge < -0.3 is 14.9 Å². The fraction of sp³-hybridized carbons (Fsp3) is 0.389. The highest BCUT2D eigenvalue weighted by molar-refractivity contribution is 5.82. The van der Waals surface area contributed by atoms with E-state index >= 15 is 0 Å². The molecule has 23 heavy (non-hydrogen) atoms. The maximum atomic E-state index is 11.2. The smallest absolute Gasteiger partial charge is 0.331 e. The van der Waals surface area contributed by atoms with Gasteiger partial charge in [0.15, 0.2) is 0 Å². The van der Waals surface area contributed by atoms with E-state index in [0.717, 1.165) is 0 Å². The largest absolute Gasteiger partial charge is 0.458 e. The average Bonchev–Trinajstić information content (AvgIpc) is 2.80. The van der Waals surface area contributed by atoms with Gasteiger partial charge in [-0.05, 0) is 12.3 Å². The number of hydrogen-bond donors (Lipinski definition) is 2. The summed E-state index contributed by atoms with van der Waals surface area (Å²) in [7, 11) is 0. The maximum absolute atomic E-state index is 11.2. The first-order chi connectivity index (χ1) is 11.1. The molecule has 1 saturated carbocycles. The monoisotopic (exact) mass is 318 g/mol. The summed E-state index contributed by atoms with van der Waals surface area (Å²) in [5.41, 5.74) is 0. The Labute approximate surface area is 136 Å². The molecule has 0 aliphatic heterocycles. The van der Waals surface area contributed by atoms with Crippen LogP contribution in [0.15, 0.2) is 55.2 Å². The van der Waals surface area contributed by atoms with Crippen LogP contribution in [0.1, 0.15) is 12.8 Å². The summed E-state index contributed by atoms with van der Waals surface area (Å²) in [6, 6.07) is 0. The molecule has 1 fully saturated rings. The quantitative estimate of drug-likeness (QED) is 0.233. The van der Waals surface area contributed by atoms with Crippen molar-refractivity contribution in [3.63, 3.8) is 0 Å². The van der Waals surface area contributed by atoms with Crippen molar-refractivity contribution in [2.45, 2.75) is 25.0 Å². The first-order valence-electron chi connectivity index (χ1n) is 7.44. The SMILES string of the molecule is C=CCOC(=O)/C=C/C=C/C=C/[C@H]1[C@@H](CC=C=O)[C@H](O)C[C@@H]1O. The molecule has 1 rings (SSSR count). The summed E-state index contributed by atoms with van der Waals surface area (Å²) < 4.78 is 4.76. The number of hydrogen-bond acceptors (Lipinski definition) is 5. The van der Waals surface area contributed by atoms with Crippen molar-refractivity contribution in [2.75, 3.05) is 6.61 Å². The van der Waals surface area contributed by atoms with Gasteiger partial charge in [-0.1, -0.05) is 43.0 Å². The summed E-state index contributed by atoms with van der Waals surface area (Å²) in [5.74, 6) is 0.829. The minimum absolute atomic E-state index is 0.172. The minimum Gasteiger partial charge on any atom is -0.458 e. The number of allylic oxidation sites excluding steroid dienone is 5. The molecule has 0 aromatic rings. The van der Waals surface area contributed by atoms with Crippen LogP contribution >= 0.6 is 0 Å². The first kappa shape index (κ1) is 18.8. The summed E-state index contributed by atoms with van der Waals surface area (Å²) >= 11 is 0. The molecule has 0 amide bonds. The van der Waals surface area contributed by atoms with Gasteiger partial charge in [0.25, 0.3) is 0 Å². The minimum atomic E-state index is -0.635.